The summed E-state index contributed by atoms with van der Waals surface area (Å²) in [5, 5.41) is 25.6. The lowest BCUT2D eigenvalue weighted by molar-refractivity contribution is -0.144. The van der Waals surface area contributed by atoms with Crippen molar-refractivity contribution in [3.8, 4) is 23.4 Å². The molecular weight excluding hydrogens is 394 g/mol. The number of carbonyl (C=O) groups excluding carboxylic acids is 2. The van der Waals surface area contributed by atoms with E-state index >= 15 is 0 Å². The zero-order valence-electron chi connectivity index (χ0n) is 17.1. The molecule has 1 amide bonds. The Morgan fingerprint density at radius 1 is 1.23 bits per heavy atom. The first-order valence-electron chi connectivity index (χ1n) is 10.2. The van der Waals surface area contributed by atoms with Gasteiger partial charge in [-0.3, -0.25) is 9.48 Å². The Bertz CT molecular complexity index is 1040. The van der Waals surface area contributed by atoms with Crippen molar-refractivity contribution in [1.82, 2.24) is 15.1 Å². The van der Waals surface area contributed by atoms with E-state index in [9.17, 15) is 14.9 Å². The van der Waals surface area contributed by atoms with Gasteiger partial charge in [0, 0.05) is 23.4 Å². The van der Waals surface area contributed by atoms with Crippen LogP contribution in [0.5, 0.6) is 0 Å². The predicted molar refractivity (Wildman–Crippen MR) is 113 cm³/mol. The summed E-state index contributed by atoms with van der Waals surface area (Å²) in [7, 11) is 0. The number of ether oxygens (including phenoxy) is 1. The van der Waals surface area contributed by atoms with E-state index in [0.29, 0.717) is 17.8 Å². The minimum Gasteiger partial charge on any atom is -0.451 e. The molecule has 0 aliphatic heterocycles. The van der Waals surface area contributed by atoms with E-state index in [4.69, 9.17) is 10.00 Å². The van der Waals surface area contributed by atoms with E-state index in [1.54, 1.807) is 10.9 Å². The number of aromatic nitrogens is 2. The molecule has 0 radical (unpaired) electrons. The first kappa shape index (κ1) is 21.8. The molecule has 8 heteroatoms. The number of hydrogen-bond acceptors (Lipinski definition) is 6. The molecule has 158 valence electrons. The average Bonchev–Trinajstić information content (AvgIpc) is 3.44. The molecule has 0 unspecified atom stereocenters. The minimum atomic E-state index is -0.868. The van der Waals surface area contributed by atoms with Gasteiger partial charge in [-0.2, -0.15) is 15.6 Å². The number of benzene rings is 1. The van der Waals surface area contributed by atoms with E-state index in [1.807, 2.05) is 36.4 Å². The number of rotatable bonds is 8. The summed E-state index contributed by atoms with van der Waals surface area (Å²) < 4.78 is 6.65. The Hall–Kier alpha value is -3.91. The van der Waals surface area contributed by atoms with Gasteiger partial charge in [0.2, 0.25) is 0 Å². The highest BCUT2D eigenvalue weighted by Crippen LogP contribution is 2.24. The standard InChI is InChI=1S/C23H23N5O3/c24-11-6-12-28-15-19(22(27-28)17-7-2-1-3-8-17)13-18(14-25)23(30)31-16-21(29)26-20-9-4-5-10-20/h1-3,7-8,13,15,20H,4-6,9-10,12,16H2,(H,26,29)/b18-13+. The summed E-state index contributed by atoms with van der Waals surface area (Å²) in [5.74, 6) is -1.24. The zero-order chi connectivity index (χ0) is 22.1. The molecule has 1 aromatic carbocycles. The van der Waals surface area contributed by atoms with Crippen molar-refractivity contribution in [3.63, 3.8) is 0 Å². The van der Waals surface area contributed by atoms with Gasteiger partial charge in [0.15, 0.2) is 6.61 Å². The number of carbonyl (C=O) groups is 2. The van der Waals surface area contributed by atoms with Gasteiger partial charge in [-0.05, 0) is 18.9 Å². The highest BCUT2D eigenvalue weighted by molar-refractivity contribution is 5.99. The number of nitriles is 2. The maximum Gasteiger partial charge on any atom is 0.349 e. The smallest absolute Gasteiger partial charge is 0.349 e. The highest BCUT2D eigenvalue weighted by atomic mass is 16.5. The van der Waals surface area contributed by atoms with Crippen molar-refractivity contribution in [3.05, 3.63) is 47.7 Å². The third kappa shape index (κ3) is 6.03. The second-order valence-electron chi connectivity index (χ2n) is 7.27. The fourth-order valence-electron chi connectivity index (χ4n) is 3.48. The number of aryl methyl sites for hydroxylation is 1. The molecule has 31 heavy (non-hydrogen) atoms. The lowest BCUT2D eigenvalue weighted by Gasteiger charge is -2.11. The van der Waals surface area contributed by atoms with Crippen LogP contribution < -0.4 is 5.32 Å². The molecule has 1 fully saturated rings. The average molecular weight is 417 g/mol. The lowest BCUT2D eigenvalue weighted by Crippen LogP contribution is -2.36. The maximum absolute atomic E-state index is 12.4. The molecule has 1 aliphatic rings. The molecule has 1 heterocycles. The molecule has 1 N–H and O–H groups in total. The Balaban J connectivity index is 1.75. The van der Waals surface area contributed by atoms with Crippen molar-refractivity contribution in [2.45, 2.75) is 44.7 Å². The Morgan fingerprint density at radius 2 is 1.97 bits per heavy atom. The summed E-state index contributed by atoms with van der Waals surface area (Å²) in [4.78, 5) is 24.4. The van der Waals surface area contributed by atoms with Gasteiger partial charge in [-0.15, -0.1) is 0 Å². The first-order chi connectivity index (χ1) is 15.1. The summed E-state index contributed by atoms with van der Waals surface area (Å²) in [5.41, 5.74) is 1.71. The zero-order valence-corrected chi connectivity index (χ0v) is 17.1. The number of hydrogen-bond donors (Lipinski definition) is 1. The van der Waals surface area contributed by atoms with Gasteiger partial charge in [-0.1, -0.05) is 43.2 Å². The topological polar surface area (TPSA) is 121 Å². The molecule has 1 aromatic heterocycles. The van der Waals surface area contributed by atoms with Gasteiger partial charge in [0.25, 0.3) is 5.91 Å². The molecule has 0 spiro atoms. The summed E-state index contributed by atoms with van der Waals surface area (Å²) in [6, 6.07) is 13.4. The van der Waals surface area contributed by atoms with Crippen LogP contribution in [0.4, 0.5) is 0 Å². The number of esters is 1. The van der Waals surface area contributed by atoms with Crippen LogP contribution in [0, 0.1) is 22.7 Å². The van der Waals surface area contributed by atoms with E-state index in [2.05, 4.69) is 16.5 Å². The molecule has 8 nitrogen and oxygen atoms in total. The summed E-state index contributed by atoms with van der Waals surface area (Å²) in [6.45, 7) is -0.0425. The largest absolute Gasteiger partial charge is 0.451 e. The number of amides is 1. The van der Waals surface area contributed by atoms with Crippen LogP contribution >= 0.6 is 0 Å². The molecule has 1 saturated carbocycles. The van der Waals surface area contributed by atoms with Crippen molar-refractivity contribution < 1.29 is 14.3 Å². The van der Waals surface area contributed by atoms with Crippen LogP contribution in [0.25, 0.3) is 17.3 Å². The van der Waals surface area contributed by atoms with E-state index in [0.717, 1.165) is 31.2 Å². The molecule has 0 atom stereocenters. The van der Waals surface area contributed by atoms with Crippen LogP contribution in [0.15, 0.2) is 42.1 Å². The maximum atomic E-state index is 12.4. The second kappa shape index (κ2) is 10.7. The van der Waals surface area contributed by atoms with Crippen LogP contribution in [-0.2, 0) is 20.9 Å². The van der Waals surface area contributed by atoms with Crippen molar-refractivity contribution in [1.29, 1.82) is 10.5 Å². The SMILES string of the molecule is N#CCCn1cc(/C=C(\C#N)C(=O)OCC(=O)NC2CCCC2)c(-c2ccccc2)n1. The van der Waals surface area contributed by atoms with Crippen LogP contribution in [0.2, 0.25) is 0 Å². The second-order valence-corrected chi connectivity index (χ2v) is 7.27. The Labute approximate surface area is 180 Å². The molecule has 0 saturated heterocycles. The number of nitrogens with zero attached hydrogens (tertiary/aromatic N) is 4. The third-order valence-corrected chi connectivity index (χ3v) is 4.98. The highest BCUT2D eigenvalue weighted by Gasteiger charge is 2.20. The van der Waals surface area contributed by atoms with Gasteiger partial charge in [0.1, 0.15) is 11.6 Å². The van der Waals surface area contributed by atoms with E-state index in [-0.39, 0.29) is 23.9 Å². The van der Waals surface area contributed by atoms with Crippen LogP contribution in [0.3, 0.4) is 0 Å². The van der Waals surface area contributed by atoms with Crippen molar-refractivity contribution in [2.75, 3.05) is 6.61 Å². The lowest BCUT2D eigenvalue weighted by atomic mass is 10.1. The quantitative estimate of drug-likeness (QED) is 0.400. The van der Waals surface area contributed by atoms with E-state index in [1.165, 1.54) is 6.08 Å². The first-order valence-corrected chi connectivity index (χ1v) is 10.2. The predicted octanol–water partition coefficient (Wildman–Crippen LogP) is 2.97. The van der Waals surface area contributed by atoms with Crippen LogP contribution in [0.1, 0.15) is 37.7 Å². The van der Waals surface area contributed by atoms with Gasteiger partial charge in [0.05, 0.1) is 24.7 Å². The monoisotopic (exact) mass is 417 g/mol. The molecule has 3 rings (SSSR count). The van der Waals surface area contributed by atoms with Gasteiger partial charge >= 0.3 is 5.97 Å². The third-order valence-electron chi connectivity index (χ3n) is 4.98. The molecule has 1 aliphatic carbocycles. The Kier molecular flexibility index (Phi) is 7.56. The molecular formula is C23H23N5O3. The van der Waals surface area contributed by atoms with Gasteiger partial charge in [-0.25, -0.2) is 4.79 Å². The fourth-order valence-corrected chi connectivity index (χ4v) is 3.48. The van der Waals surface area contributed by atoms with Crippen LogP contribution in [-0.4, -0.2) is 34.3 Å². The van der Waals surface area contributed by atoms with E-state index < -0.39 is 12.6 Å². The van der Waals surface area contributed by atoms with Crippen molar-refractivity contribution in [2.24, 2.45) is 0 Å². The normalized spacial score (nSPS) is 13.9. The summed E-state index contributed by atoms with van der Waals surface area (Å²) in [6.07, 6.45) is 7.38. The minimum absolute atomic E-state index is 0.130. The molecule has 0 bridgehead atoms. The summed E-state index contributed by atoms with van der Waals surface area (Å²) >= 11 is 0. The fraction of sp³-hybridized carbons (Fsp3) is 0.348. The Morgan fingerprint density at radius 3 is 2.65 bits per heavy atom. The van der Waals surface area contributed by atoms with Gasteiger partial charge < -0.3 is 10.1 Å². The number of nitrogens with one attached hydrogen (secondary N) is 1. The molecule has 2 aromatic rings. The van der Waals surface area contributed by atoms with Crippen molar-refractivity contribution >= 4 is 18.0 Å².